The first-order valence-electron chi connectivity index (χ1n) is 4.32. The summed E-state index contributed by atoms with van der Waals surface area (Å²) in [6.07, 6.45) is 1.82. The molecule has 0 saturated carbocycles. The van der Waals surface area contributed by atoms with E-state index in [1.54, 1.807) is 6.07 Å². The predicted octanol–water partition coefficient (Wildman–Crippen LogP) is 4.14. The van der Waals surface area contributed by atoms with Crippen LogP contribution in [-0.2, 0) is 7.05 Å². The zero-order valence-electron chi connectivity index (χ0n) is 8.00. The molecule has 2 aromatic rings. The third kappa shape index (κ3) is 2.44. The molecule has 2 nitrogen and oxygen atoms in total. The Hall–Kier alpha value is -0.740. The quantitative estimate of drug-likeness (QED) is 0.807. The van der Waals surface area contributed by atoms with E-state index in [2.05, 4.69) is 37.9 Å². The van der Waals surface area contributed by atoms with Gasteiger partial charge in [0.1, 0.15) is 5.75 Å². The van der Waals surface area contributed by atoms with Gasteiger partial charge in [0.15, 0.2) is 5.88 Å². The highest BCUT2D eigenvalue weighted by Gasteiger charge is 2.05. The van der Waals surface area contributed by atoms with Gasteiger partial charge in [-0.15, -0.1) is 0 Å². The molecule has 1 radical (unpaired) electrons. The highest BCUT2D eigenvalue weighted by Crippen LogP contribution is 2.31. The van der Waals surface area contributed by atoms with E-state index >= 15 is 0 Å². The molecule has 1 aromatic heterocycles. The maximum atomic E-state index is 5.70. The Morgan fingerprint density at radius 1 is 1.33 bits per heavy atom. The third-order valence-electron chi connectivity index (χ3n) is 1.93. The summed E-state index contributed by atoms with van der Waals surface area (Å²) in [5.41, 5.74) is 0. The average molecular weight is 330 g/mol. The monoisotopic (exact) mass is 328 g/mol. The minimum Gasteiger partial charge on any atom is -0.440 e. The Balaban J connectivity index is 2.29. The topological polar surface area (TPSA) is 14.2 Å². The van der Waals surface area contributed by atoms with E-state index in [1.807, 2.05) is 36.0 Å². The van der Waals surface area contributed by atoms with Gasteiger partial charge in [-0.3, -0.25) is 0 Å². The molecule has 0 spiro atoms. The van der Waals surface area contributed by atoms with Gasteiger partial charge in [0.2, 0.25) is 0 Å². The first-order valence-corrected chi connectivity index (χ1v) is 5.91. The van der Waals surface area contributed by atoms with Gasteiger partial charge in [-0.2, -0.15) is 0 Å². The molecule has 0 aliphatic carbocycles. The van der Waals surface area contributed by atoms with E-state index in [0.717, 1.165) is 20.6 Å². The van der Waals surface area contributed by atoms with Crippen LogP contribution in [0.5, 0.6) is 11.6 Å². The Morgan fingerprint density at radius 2 is 2.13 bits per heavy atom. The van der Waals surface area contributed by atoms with Crippen molar-refractivity contribution in [2.75, 3.05) is 0 Å². The van der Waals surface area contributed by atoms with Gasteiger partial charge in [0.25, 0.3) is 0 Å². The van der Waals surface area contributed by atoms with Gasteiger partial charge in [0.05, 0.1) is 4.47 Å². The van der Waals surface area contributed by atoms with Crippen LogP contribution < -0.4 is 4.74 Å². The molecule has 0 saturated heterocycles. The van der Waals surface area contributed by atoms with Crippen LogP contribution in [0.1, 0.15) is 0 Å². The van der Waals surface area contributed by atoms with Crippen molar-refractivity contribution in [3.05, 3.63) is 45.5 Å². The highest BCUT2D eigenvalue weighted by molar-refractivity contribution is 9.11. The number of halogens is 2. The first kappa shape index (κ1) is 10.8. The van der Waals surface area contributed by atoms with E-state index < -0.39 is 0 Å². The maximum Gasteiger partial charge on any atom is 0.200 e. The van der Waals surface area contributed by atoms with Gasteiger partial charge in [-0.1, -0.05) is 15.9 Å². The molecule has 0 aliphatic rings. The number of nitrogens with zero attached hydrogens (tertiary/aromatic N) is 1. The van der Waals surface area contributed by atoms with Gasteiger partial charge in [0, 0.05) is 29.8 Å². The fraction of sp³-hybridized carbons (Fsp3) is 0.0909. The highest BCUT2D eigenvalue weighted by atomic mass is 79.9. The van der Waals surface area contributed by atoms with Crippen molar-refractivity contribution in [1.29, 1.82) is 0 Å². The van der Waals surface area contributed by atoms with Crippen molar-refractivity contribution < 1.29 is 4.74 Å². The second kappa shape index (κ2) is 4.41. The number of hydrogen-bond acceptors (Lipinski definition) is 1. The number of aromatic nitrogens is 1. The number of rotatable bonds is 2. The summed E-state index contributed by atoms with van der Waals surface area (Å²) in [7, 11) is 1.92. The molecule has 77 valence electrons. The fourth-order valence-corrected chi connectivity index (χ4v) is 2.29. The molecule has 1 aromatic carbocycles. The predicted molar refractivity (Wildman–Crippen MR) is 66.2 cm³/mol. The molecule has 15 heavy (non-hydrogen) atoms. The Bertz CT molecular complexity index is 479. The van der Waals surface area contributed by atoms with E-state index in [9.17, 15) is 0 Å². The van der Waals surface area contributed by atoms with E-state index in [-0.39, 0.29) is 0 Å². The van der Waals surface area contributed by atoms with Crippen LogP contribution in [0.4, 0.5) is 0 Å². The zero-order valence-corrected chi connectivity index (χ0v) is 11.2. The molecular weight excluding hydrogens is 322 g/mol. The Labute approximate surface area is 105 Å². The summed E-state index contributed by atoms with van der Waals surface area (Å²) < 4.78 is 9.50. The lowest BCUT2D eigenvalue weighted by Gasteiger charge is -2.08. The smallest absolute Gasteiger partial charge is 0.200 e. The van der Waals surface area contributed by atoms with Crippen molar-refractivity contribution in [2.45, 2.75) is 0 Å². The minimum absolute atomic E-state index is 0.762. The molecule has 4 heteroatoms. The lowest BCUT2D eigenvalue weighted by molar-refractivity contribution is 0.440. The maximum absolute atomic E-state index is 5.70. The van der Waals surface area contributed by atoms with Gasteiger partial charge >= 0.3 is 0 Å². The SMILES string of the molecule is Cn1c[c]cc1Oc1ccc(Br)cc1Br. The fourth-order valence-electron chi connectivity index (χ4n) is 1.16. The van der Waals surface area contributed by atoms with Crippen LogP contribution in [0.3, 0.4) is 0 Å². The van der Waals surface area contributed by atoms with Crippen molar-refractivity contribution >= 4 is 31.9 Å². The molecule has 0 fully saturated rings. The molecule has 0 aliphatic heterocycles. The number of benzene rings is 1. The van der Waals surface area contributed by atoms with Crippen molar-refractivity contribution in [3.8, 4) is 11.6 Å². The summed E-state index contributed by atoms with van der Waals surface area (Å²) in [4.78, 5) is 0. The van der Waals surface area contributed by atoms with Crippen LogP contribution >= 0.6 is 31.9 Å². The summed E-state index contributed by atoms with van der Waals surface area (Å²) in [5, 5.41) is 0. The minimum atomic E-state index is 0.762. The molecule has 0 atom stereocenters. The standard InChI is InChI=1S/C11H8Br2NO/c1-14-6-2-3-11(14)15-10-5-4-8(12)7-9(10)13/h3-7H,1H3. The summed E-state index contributed by atoms with van der Waals surface area (Å²) in [5.74, 6) is 1.55. The normalized spacial score (nSPS) is 10.3. The number of aryl methyl sites for hydroxylation is 1. The van der Waals surface area contributed by atoms with Crippen molar-refractivity contribution in [2.24, 2.45) is 7.05 Å². The molecule has 0 N–H and O–H groups in total. The summed E-state index contributed by atoms with van der Waals surface area (Å²) in [6, 6.07) is 10.6. The zero-order chi connectivity index (χ0) is 10.8. The van der Waals surface area contributed by atoms with Gasteiger partial charge < -0.3 is 9.30 Å². The van der Waals surface area contributed by atoms with E-state index in [1.165, 1.54) is 0 Å². The van der Waals surface area contributed by atoms with Gasteiger partial charge in [-0.25, -0.2) is 0 Å². The first-order chi connectivity index (χ1) is 7.16. The molecule has 0 bridgehead atoms. The molecule has 0 unspecified atom stereocenters. The van der Waals surface area contributed by atoms with Crippen LogP contribution in [0.2, 0.25) is 0 Å². The van der Waals surface area contributed by atoms with Crippen molar-refractivity contribution in [3.63, 3.8) is 0 Å². The number of hydrogen-bond donors (Lipinski definition) is 0. The third-order valence-corrected chi connectivity index (χ3v) is 3.04. The Kier molecular flexibility index (Phi) is 3.17. The van der Waals surface area contributed by atoms with Gasteiger partial charge in [-0.05, 0) is 34.1 Å². The van der Waals surface area contributed by atoms with E-state index in [0.29, 0.717) is 0 Å². The second-order valence-electron chi connectivity index (χ2n) is 3.07. The Morgan fingerprint density at radius 3 is 2.73 bits per heavy atom. The molecule has 2 rings (SSSR count). The van der Waals surface area contributed by atoms with Crippen LogP contribution in [-0.4, -0.2) is 4.57 Å². The largest absolute Gasteiger partial charge is 0.440 e. The molecule has 0 amide bonds. The lowest BCUT2D eigenvalue weighted by Crippen LogP contribution is -1.92. The molecule has 1 heterocycles. The lowest BCUT2D eigenvalue weighted by atomic mass is 10.3. The average Bonchev–Trinajstić information content (AvgIpc) is 2.57. The van der Waals surface area contributed by atoms with E-state index in [4.69, 9.17) is 4.74 Å². The summed E-state index contributed by atoms with van der Waals surface area (Å²) in [6.45, 7) is 0. The summed E-state index contributed by atoms with van der Waals surface area (Å²) >= 11 is 6.83. The number of ether oxygens (including phenoxy) is 1. The van der Waals surface area contributed by atoms with Crippen LogP contribution in [0.15, 0.2) is 39.4 Å². The van der Waals surface area contributed by atoms with Crippen molar-refractivity contribution in [1.82, 2.24) is 4.57 Å². The molecular formula is C11H8Br2NO. The van der Waals surface area contributed by atoms with Crippen LogP contribution in [0.25, 0.3) is 0 Å². The van der Waals surface area contributed by atoms with Crippen LogP contribution in [0, 0.1) is 6.07 Å². The second-order valence-corrected chi connectivity index (χ2v) is 4.84.